The molecule has 21 heavy (non-hydrogen) atoms. The third-order valence-corrected chi connectivity index (χ3v) is 3.51. The highest BCUT2D eigenvalue weighted by Crippen LogP contribution is 2.11. The zero-order valence-electron chi connectivity index (χ0n) is 12.9. The first-order valence-electron chi connectivity index (χ1n) is 7.51. The number of aliphatic hydroxyl groups excluding tert-OH is 1. The van der Waals surface area contributed by atoms with Crippen molar-refractivity contribution >= 4 is 5.96 Å². The van der Waals surface area contributed by atoms with Crippen LogP contribution < -0.4 is 5.32 Å². The summed E-state index contributed by atoms with van der Waals surface area (Å²) in [6.45, 7) is 5.66. The van der Waals surface area contributed by atoms with Crippen LogP contribution in [0.15, 0.2) is 29.3 Å². The number of ether oxygens (including phenoxy) is 1. The lowest BCUT2D eigenvalue weighted by molar-refractivity contribution is 0.185. The molecule has 116 valence electrons. The van der Waals surface area contributed by atoms with Gasteiger partial charge < -0.3 is 20.1 Å². The number of aliphatic imine (C=N–C) groups is 1. The number of hydrogen-bond acceptors (Lipinski definition) is 3. The van der Waals surface area contributed by atoms with Gasteiger partial charge in [0.25, 0.3) is 0 Å². The van der Waals surface area contributed by atoms with E-state index in [2.05, 4.69) is 40.3 Å². The highest BCUT2D eigenvalue weighted by molar-refractivity contribution is 5.80. The molecule has 1 heterocycles. The van der Waals surface area contributed by atoms with Crippen molar-refractivity contribution in [1.29, 1.82) is 0 Å². The van der Waals surface area contributed by atoms with Crippen LogP contribution in [0.4, 0.5) is 0 Å². The van der Waals surface area contributed by atoms with E-state index in [1.165, 1.54) is 5.56 Å². The van der Waals surface area contributed by atoms with Crippen molar-refractivity contribution in [2.24, 2.45) is 4.99 Å². The molecule has 1 aliphatic heterocycles. The second kappa shape index (κ2) is 8.00. The van der Waals surface area contributed by atoms with Gasteiger partial charge in [-0.3, -0.25) is 0 Å². The van der Waals surface area contributed by atoms with E-state index in [4.69, 9.17) is 4.74 Å². The SMILES string of the molecule is CCNC(=NCc1cccc(COC)c1)N1CC[C@@H](O)C1. The van der Waals surface area contributed by atoms with Gasteiger partial charge in [-0.2, -0.15) is 0 Å². The molecule has 2 N–H and O–H groups in total. The third kappa shape index (κ3) is 4.72. The van der Waals surface area contributed by atoms with Crippen molar-refractivity contribution in [2.75, 3.05) is 26.7 Å². The molecule has 2 rings (SSSR count). The predicted octanol–water partition coefficient (Wildman–Crippen LogP) is 1.37. The summed E-state index contributed by atoms with van der Waals surface area (Å²) in [4.78, 5) is 6.80. The number of nitrogens with one attached hydrogen (secondary N) is 1. The van der Waals surface area contributed by atoms with Crippen molar-refractivity contribution in [3.63, 3.8) is 0 Å². The van der Waals surface area contributed by atoms with Gasteiger partial charge >= 0.3 is 0 Å². The number of hydrogen-bond donors (Lipinski definition) is 2. The molecule has 0 radical (unpaired) electrons. The van der Waals surface area contributed by atoms with E-state index in [1.807, 2.05) is 6.07 Å². The van der Waals surface area contributed by atoms with Crippen LogP contribution in [0.2, 0.25) is 0 Å². The van der Waals surface area contributed by atoms with Crippen LogP contribution in [0.3, 0.4) is 0 Å². The summed E-state index contributed by atoms with van der Waals surface area (Å²) >= 11 is 0. The highest BCUT2D eigenvalue weighted by atomic mass is 16.5. The molecule has 0 unspecified atom stereocenters. The van der Waals surface area contributed by atoms with Gasteiger partial charge in [0, 0.05) is 26.7 Å². The van der Waals surface area contributed by atoms with Gasteiger partial charge in [0.15, 0.2) is 5.96 Å². The van der Waals surface area contributed by atoms with Crippen molar-refractivity contribution in [3.8, 4) is 0 Å². The monoisotopic (exact) mass is 291 g/mol. The van der Waals surface area contributed by atoms with Gasteiger partial charge in [-0.25, -0.2) is 4.99 Å². The minimum atomic E-state index is -0.237. The van der Waals surface area contributed by atoms with Crippen LogP contribution in [0, 0.1) is 0 Å². The maximum atomic E-state index is 9.66. The molecule has 0 aromatic heterocycles. The molecule has 1 aromatic rings. The minimum Gasteiger partial charge on any atom is -0.391 e. The standard InChI is InChI=1S/C16H25N3O2/c1-3-17-16(19-8-7-15(20)11-19)18-10-13-5-4-6-14(9-13)12-21-2/h4-6,9,15,20H,3,7-8,10-12H2,1-2H3,(H,17,18)/t15-/m1/s1. The number of benzene rings is 1. The molecule has 1 atom stereocenters. The molecule has 0 amide bonds. The summed E-state index contributed by atoms with van der Waals surface area (Å²) in [6, 6.07) is 8.28. The van der Waals surface area contributed by atoms with E-state index >= 15 is 0 Å². The smallest absolute Gasteiger partial charge is 0.194 e. The van der Waals surface area contributed by atoms with E-state index in [9.17, 15) is 5.11 Å². The molecule has 1 aromatic carbocycles. The van der Waals surface area contributed by atoms with Crippen molar-refractivity contribution in [1.82, 2.24) is 10.2 Å². The summed E-state index contributed by atoms with van der Waals surface area (Å²) in [5.41, 5.74) is 2.33. The van der Waals surface area contributed by atoms with Gasteiger partial charge in [-0.1, -0.05) is 24.3 Å². The second-order valence-corrected chi connectivity index (χ2v) is 5.31. The van der Waals surface area contributed by atoms with Crippen molar-refractivity contribution in [2.45, 2.75) is 32.6 Å². The molecular formula is C16H25N3O2. The average molecular weight is 291 g/mol. The Bertz CT molecular complexity index is 476. The molecular weight excluding hydrogens is 266 g/mol. The number of rotatable bonds is 5. The largest absolute Gasteiger partial charge is 0.391 e. The fourth-order valence-corrected chi connectivity index (χ4v) is 2.51. The number of nitrogens with zero attached hydrogens (tertiary/aromatic N) is 2. The first kappa shape index (κ1) is 15.8. The molecule has 5 heteroatoms. The van der Waals surface area contributed by atoms with Crippen molar-refractivity contribution < 1.29 is 9.84 Å². The number of guanidine groups is 1. The summed E-state index contributed by atoms with van der Waals surface area (Å²) in [6.07, 6.45) is 0.576. The predicted molar refractivity (Wildman–Crippen MR) is 84.2 cm³/mol. The van der Waals surface area contributed by atoms with Crippen LogP contribution in [0.5, 0.6) is 0 Å². The van der Waals surface area contributed by atoms with Gasteiger partial charge in [-0.15, -0.1) is 0 Å². The fourth-order valence-electron chi connectivity index (χ4n) is 2.51. The van der Waals surface area contributed by atoms with Crippen molar-refractivity contribution in [3.05, 3.63) is 35.4 Å². The Labute approximate surface area is 126 Å². The lowest BCUT2D eigenvalue weighted by Gasteiger charge is -2.21. The molecule has 5 nitrogen and oxygen atoms in total. The first-order chi connectivity index (χ1) is 10.2. The number of methoxy groups -OCH3 is 1. The second-order valence-electron chi connectivity index (χ2n) is 5.31. The zero-order chi connectivity index (χ0) is 15.1. The maximum absolute atomic E-state index is 9.66. The number of β-amino-alcohol motifs (C(OH)–C–C–N with tert-alkyl or cyclic N) is 1. The third-order valence-electron chi connectivity index (χ3n) is 3.51. The fraction of sp³-hybridized carbons (Fsp3) is 0.562. The van der Waals surface area contributed by atoms with Crippen LogP contribution in [-0.4, -0.2) is 48.8 Å². The lowest BCUT2D eigenvalue weighted by atomic mass is 10.1. The van der Waals surface area contributed by atoms with Crippen LogP contribution >= 0.6 is 0 Å². The highest BCUT2D eigenvalue weighted by Gasteiger charge is 2.22. The summed E-state index contributed by atoms with van der Waals surface area (Å²) in [7, 11) is 1.70. The van der Waals surface area contributed by atoms with E-state index in [-0.39, 0.29) is 6.10 Å². The molecule has 1 fully saturated rings. The Balaban J connectivity index is 2.03. The topological polar surface area (TPSA) is 57.1 Å². The van der Waals surface area contributed by atoms with Gasteiger partial charge in [0.2, 0.25) is 0 Å². The minimum absolute atomic E-state index is 0.237. The molecule has 1 aliphatic rings. The number of aliphatic hydroxyl groups is 1. The molecule has 0 bridgehead atoms. The summed E-state index contributed by atoms with van der Waals surface area (Å²) < 4.78 is 5.16. The Morgan fingerprint density at radius 3 is 2.95 bits per heavy atom. The average Bonchev–Trinajstić information content (AvgIpc) is 2.91. The Morgan fingerprint density at radius 1 is 1.48 bits per heavy atom. The normalized spacial score (nSPS) is 19.1. The lowest BCUT2D eigenvalue weighted by Crippen LogP contribution is -2.40. The quantitative estimate of drug-likeness (QED) is 0.635. The van der Waals surface area contributed by atoms with E-state index in [0.717, 1.165) is 31.0 Å². The molecule has 0 saturated carbocycles. The Morgan fingerprint density at radius 2 is 2.29 bits per heavy atom. The zero-order valence-corrected chi connectivity index (χ0v) is 12.9. The first-order valence-corrected chi connectivity index (χ1v) is 7.51. The Kier molecular flexibility index (Phi) is 6.02. The Hall–Kier alpha value is -1.59. The molecule has 1 saturated heterocycles. The molecule has 0 spiro atoms. The summed E-state index contributed by atoms with van der Waals surface area (Å²) in [5.74, 6) is 0.881. The van der Waals surface area contributed by atoms with Crippen LogP contribution in [0.1, 0.15) is 24.5 Å². The van der Waals surface area contributed by atoms with E-state index in [0.29, 0.717) is 19.7 Å². The van der Waals surface area contributed by atoms with E-state index < -0.39 is 0 Å². The van der Waals surface area contributed by atoms with Crippen LogP contribution in [-0.2, 0) is 17.9 Å². The number of likely N-dealkylation sites (tertiary alicyclic amines) is 1. The summed E-state index contributed by atoms with van der Waals surface area (Å²) in [5, 5.41) is 13.0. The molecule has 0 aliphatic carbocycles. The van der Waals surface area contributed by atoms with E-state index in [1.54, 1.807) is 7.11 Å². The van der Waals surface area contributed by atoms with Gasteiger partial charge in [0.05, 0.1) is 19.3 Å². The maximum Gasteiger partial charge on any atom is 0.194 e. The van der Waals surface area contributed by atoms with Gasteiger partial charge in [-0.05, 0) is 24.5 Å². The van der Waals surface area contributed by atoms with Crippen LogP contribution in [0.25, 0.3) is 0 Å². The van der Waals surface area contributed by atoms with Gasteiger partial charge in [0.1, 0.15) is 0 Å².